The average molecular weight is 301 g/mol. The normalized spacial score (nSPS) is 11.5. The molecule has 0 aliphatic heterocycles. The highest BCUT2D eigenvalue weighted by Gasteiger charge is 2.16. The molecule has 3 aromatic rings. The molecule has 0 fully saturated rings. The molecule has 0 N–H and O–H groups in total. The van der Waals surface area contributed by atoms with E-state index in [0.717, 1.165) is 32.7 Å². The lowest BCUT2D eigenvalue weighted by molar-refractivity contribution is 0.340. The summed E-state index contributed by atoms with van der Waals surface area (Å²) in [6, 6.07) is 8.07. The molecule has 0 unspecified atom stereocenters. The quantitative estimate of drug-likeness (QED) is 0.721. The Labute approximate surface area is 128 Å². The van der Waals surface area contributed by atoms with Gasteiger partial charge in [0, 0.05) is 11.5 Å². The van der Waals surface area contributed by atoms with Gasteiger partial charge in [-0.25, -0.2) is 9.50 Å². The maximum atomic E-state index is 5.48. The zero-order chi connectivity index (χ0) is 15.0. The Morgan fingerprint density at radius 3 is 2.52 bits per heavy atom. The second kappa shape index (κ2) is 5.48. The minimum absolute atomic E-state index is 0.435. The number of aromatic nitrogens is 3. The van der Waals surface area contributed by atoms with Crippen LogP contribution >= 0.6 is 11.3 Å². The van der Waals surface area contributed by atoms with Gasteiger partial charge in [0.25, 0.3) is 0 Å². The molecule has 2 aromatic heterocycles. The fourth-order valence-electron chi connectivity index (χ4n) is 2.25. The Morgan fingerprint density at radius 1 is 1.24 bits per heavy atom. The first-order valence-electron chi connectivity index (χ1n) is 7.19. The zero-order valence-corrected chi connectivity index (χ0v) is 13.6. The summed E-state index contributed by atoms with van der Waals surface area (Å²) in [7, 11) is 0. The zero-order valence-electron chi connectivity index (χ0n) is 12.8. The van der Waals surface area contributed by atoms with Gasteiger partial charge >= 0.3 is 0 Å². The molecule has 4 nitrogen and oxygen atoms in total. The summed E-state index contributed by atoms with van der Waals surface area (Å²) in [6.45, 7) is 9.04. The summed E-state index contributed by atoms with van der Waals surface area (Å²) >= 11 is 1.66. The van der Waals surface area contributed by atoms with E-state index in [1.165, 1.54) is 0 Å². The van der Waals surface area contributed by atoms with E-state index in [1.807, 2.05) is 35.7 Å². The Bertz CT molecular complexity index is 756. The fourth-order valence-corrected chi connectivity index (χ4v) is 3.19. The maximum Gasteiger partial charge on any atom is 0.212 e. The van der Waals surface area contributed by atoms with Crippen LogP contribution in [0.25, 0.3) is 16.2 Å². The predicted molar refractivity (Wildman–Crippen MR) is 86.3 cm³/mol. The Kier molecular flexibility index (Phi) is 3.68. The highest BCUT2D eigenvalue weighted by molar-refractivity contribution is 7.16. The van der Waals surface area contributed by atoms with Crippen LogP contribution in [0.15, 0.2) is 24.3 Å². The number of imidazole rings is 1. The van der Waals surface area contributed by atoms with Crippen molar-refractivity contribution >= 4 is 16.3 Å². The van der Waals surface area contributed by atoms with Gasteiger partial charge in [0.1, 0.15) is 10.8 Å². The van der Waals surface area contributed by atoms with Crippen molar-refractivity contribution in [1.29, 1.82) is 0 Å². The van der Waals surface area contributed by atoms with Crippen LogP contribution in [-0.2, 0) is 0 Å². The number of ether oxygens (including phenoxy) is 1. The number of hydrogen-bond acceptors (Lipinski definition) is 4. The molecule has 0 amide bonds. The first-order chi connectivity index (χ1) is 10.1. The molecule has 0 saturated heterocycles. The minimum Gasteiger partial charge on any atom is -0.494 e. The minimum atomic E-state index is 0.435. The van der Waals surface area contributed by atoms with Gasteiger partial charge < -0.3 is 4.74 Å². The molecular formula is C16H19N3OS. The highest BCUT2D eigenvalue weighted by atomic mass is 32.1. The van der Waals surface area contributed by atoms with E-state index >= 15 is 0 Å². The van der Waals surface area contributed by atoms with Crippen molar-refractivity contribution < 1.29 is 4.74 Å². The highest BCUT2D eigenvalue weighted by Crippen LogP contribution is 2.29. The number of benzene rings is 1. The average Bonchev–Trinajstić information content (AvgIpc) is 3.01. The summed E-state index contributed by atoms with van der Waals surface area (Å²) in [5.41, 5.74) is 3.17. The van der Waals surface area contributed by atoms with E-state index in [0.29, 0.717) is 12.5 Å². The number of rotatable bonds is 4. The maximum absolute atomic E-state index is 5.48. The lowest BCUT2D eigenvalue weighted by Gasteiger charge is -2.04. The molecular weight excluding hydrogens is 282 g/mol. The first-order valence-corrected chi connectivity index (χ1v) is 8.01. The SMILES string of the molecule is CCOc1ccc(-c2nc3sc(C(C)C)nn3c2C)cc1. The molecule has 110 valence electrons. The molecule has 1 aromatic carbocycles. The fraction of sp³-hybridized carbons (Fsp3) is 0.375. The lowest BCUT2D eigenvalue weighted by atomic mass is 10.1. The third-order valence-corrected chi connectivity index (χ3v) is 4.59. The molecule has 0 atom stereocenters. The smallest absolute Gasteiger partial charge is 0.212 e. The van der Waals surface area contributed by atoms with Crippen LogP contribution in [0.2, 0.25) is 0 Å². The summed E-state index contributed by atoms with van der Waals surface area (Å²) in [5.74, 6) is 1.32. The van der Waals surface area contributed by atoms with Crippen molar-refractivity contribution in [1.82, 2.24) is 14.6 Å². The van der Waals surface area contributed by atoms with Gasteiger partial charge in [0.2, 0.25) is 4.96 Å². The van der Waals surface area contributed by atoms with Crippen molar-refractivity contribution in [3.05, 3.63) is 35.0 Å². The Morgan fingerprint density at radius 2 is 1.95 bits per heavy atom. The largest absolute Gasteiger partial charge is 0.494 e. The third kappa shape index (κ3) is 2.53. The van der Waals surface area contributed by atoms with E-state index in [2.05, 4.69) is 25.9 Å². The van der Waals surface area contributed by atoms with Gasteiger partial charge in [-0.2, -0.15) is 5.10 Å². The van der Waals surface area contributed by atoms with Crippen molar-refractivity contribution in [2.45, 2.75) is 33.6 Å². The first kappa shape index (κ1) is 14.1. The second-order valence-electron chi connectivity index (χ2n) is 5.29. The summed E-state index contributed by atoms with van der Waals surface area (Å²) in [6.07, 6.45) is 0. The van der Waals surface area contributed by atoms with Crippen LogP contribution < -0.4 is 4.74 Å². The standard InChI is InChI=1S/C16H19N3OS/c1-5-20-13-8-6-12(7-9-13)14-11(4)19-16(17-14)21-15(18-19)10(2)3/h6-10H,5H2,1-4H3. The van der Waals surface area contributed by atoms with Crippen LogP contribution in [0.1, 0.15) is 37.4 Å². The van der Waals surface area contributed by atoms with Gasteiger partial charge in [-0.1, -0.05) is 25.2 Å². The summed E-state index contributed by atoms with van der Waals surface area (Å²) < 4.78 is 7.43. The summed E-state index contributed by atoms with van der Waals surface area (Å²) in [5, 5.41) is 5.78. The van der Waals surface area contributed by atoms with Crippen LogP contribution in [0.4, 0.5) is 0 Å². The van der Waals surface area contributed by atoms with E-state index in [1.54, 1.807) is 11.3 Å². The molecule has 5 heteroatoms. The van der Waals surface area contributed by atoms with Crippen LogP contribution in [0.3, 0.4) is 0 Å². The topological polar surface area (TPSA) is 39.4 Å². The molecule has 0 aliphatic rings. The van der Waals surface area contributed by atoms with Gasteiger partial charge in [-0.05, 0) is 38.1 Å². The molecule has 0 spiro atoms. The van der Waals surface area contributed by atoms with E-state index in [4.69, 9.17) is 9.72 Å². The van der Waals surface area contributed by atoms with Gasteiger partial charge in [-0.15, -0.1) is 0 Å². The summed E-state index contributed by atoms with van der Waals surface area (Å²) in [4.78, 5) is 5.70. The van der Waals surface area contributed by atoms with E-state index in [-0.39, 0.29) is 0 Å². The van der Waals surface area contributed by atoms with E-state index < -0.39 is 0 Å². The van der Waals surface area contributed by atoms with Gasteiger partial charge in [0.15, 0.2) is 0 Å². The van der Waals surface area contributed by atoms with E-state index in [9.17, 15) is 0 Å². The second-order valence-corrected chi connectivity index (χ2v) is 6.28. The van der Waals surface area contributed by atoms with Gasteiger partial charge in [0.05, 0.1) is 18.0 Å². The van der Waals surface area contributed by atoms with Crippen molar-refractivity contribution in [2.24, 2.45) is 0 Å². The number of hydrogen-bond donors (Lipinski definition) is 0. The van der Waals surface area contributed by atoms with Crippen molar-refractivity contribution in [3.63, 3.8) is 0 Å². The van der Waals surface area contributed by atoms with Crippen LogP contribution in [0, 0.1) is 6.92 Å². The van der Waals surface area contributed by atoms with Crippen LogP contribution in [0.5, 0.6) is 5.75 Å². The lowest BCUT2D eigenvalue weighted by Crippen LogP contribution is -1.93. The molecule has 0 aliphatic carbocycles. The Hall–Kier alpha value is -1.88. The van der Waals surface area contributed by atoms with Crippen molar-refractivity contribution in [2.75, 3.05) is 6.61 Å². The van der Waals surface area contributed by atoms with Crippen molar-refractivity contribution in [3.8, 4) is 17.0 Å². The molecule has 21 heavy (non-hydrogen) atoms. The van der Waals surface area contributed by atoms with Crippen LogP contribution in [-0.4, -0.2) is 21.2 Å². The molecule has 3 rings (SSSR count). The molecule has 0 bridgehead atoms. The Balaban J connectivity index is 2.00. The van der Waals surface area contributed by atoms with Gasteiger partial charge in [-0.3, -0.25) is 0 Å². The predicted octanol–water partition coefficient (Wildman–Crippen LogP) is 4.29. The third-order valence-electron chi connectivity index (χ3n) is 3.38. The number of aryl methyl sites for hydroxylation is 1. The monoisotopic (exact) mass is 301 g/mol. The number of fused-ring (bicyclic) bond motifs is 1. The molecule has 0 saturated carbocycles. The molecule has 2 heterocycles. The molecule has 0 radical (unpaired) electrons. The number of nitrogens with zero attached hydrogens (tertiary/aromatic N) is 3.